The van der Waals surface area contributed by atoms with Crippen LogP contribution in [-0.2, 0) is 0 Å². The summed E-state index contributed by atoms with van der Waals surface area (Å²) in [5.41, 5.74) is 2.38. The van der Waals surface area contributed by atoms with Crippen LogP contribution in [0.3, 0.4) is 0 Å². The number of ether oxygens (including phenoxy) is 1. The molecule has 1 aromatic heterocycles. The van der Waals surface area contributed by atoms with Crippen molar-refractivity contribution in [3.8, 4) is 5.75 Å². The molecule has 0 N–H and O–H groups in total. The van der Waals surface area contributed by atoms with E-state index in [1.807, 2.05) is 24.0 Å². The fourth-order valence-electron chi connectivity index (χ4n) is 2.84. The molecule has 0 aliphatic carbocycles. The maximum absolute atomic E-state index is 12.6. The molecule has 1 aromatic carbocycles. The van der Waals surface area contributed by atoms with Gasteiger partial charge in [-0.1, -0.05) is 0 Å². The standard InChI is InChI=1S/C18H22N4O2/c1-14-12-20-17(13-19-14)18(23)22-9-3-8-21(10-11-22)15-4-6-16(24-2)7-5-15/h4-7,12-13H,3,8-11H2,1-2H3. The molecule has 1 fully saturated rings. The molecule has 1 saturated heterocycles. The summed E-state index contributed by atoms with van der Waals surface area (Å²) in [6, 6.07) is 8.04. The first-order chi connectivity index (χ1) is 11.7. The average Bonchev–Trinajstić information content (AvgIpc) is 2.88. The number of anilines is 1. The van der Waals surface area contributed by atoms with E-state index in [0.717, 1.165) is 43.2 Å². The second-order valence-corrected chi connectivity index (χ2v) is 5.87. The van der Waals surface area contributed by atoms with E-state index in [0.29, 0.717) is 12.2 Å². The summed E-state index contributed by atoms with van der Waals surface area (Å²) in [4.78, 5) is 25.1. The van der Waals surface area contributed by atoms with Gasteiger partial charge in [0, 0.05) is 38.1 Å². The zero-order chi connectivity index (χ0) is 16.9. The number of methoxy groups -OCH3 is 1. The molecule has 0 unspecified atom stereocenters. The predicted molar refractivity (Wildman–Crippen MR) is 92.5 cm³/mol. The van der Waals surface area contributed by atoms with Gasteiger partial charge in [0.25, 0.3) is 5.91 Å². The van der Waals surface area contributed by atoms with E-state index in [2.05, 4.69) is 27.0 Å². The number of aryl methyl sites for hydroxylation is 1. The number of aromatic nitrogens is 2. The van der Waals surface area contributed by atoms with Crippen LogP contribution in [-0.4, -0.2) is 54.1 Å². The van der Waals surface area contributed by atoms with Crippen LogP contribution in [0.2, 0.25) is 0 Å². The Balaban J connectivity index is 1.65. The summed E-state index contributed by atoms with van der Waals surface area (Å²) in [5, 5.41) is 0. The highest BCUT2D eigenvalue weighted by Gasteiger charge is 2.21. The van der Waals surface area contributed by atoms with Gasteiger partial charge in [0.2, 0.25) is 0 Å². The minimum atomic E-state index is -0.0425. The van der Waals surface area contributed by atoms with Crippen molar-refractivity contribution in [2.45, 2.75) is 13.3 Å². The Hall–Kier alpha value is -2.63. The molecule has 2 heterocycles. The molecule has 2 aromatic rings. The monoisotopic (exact) mass is 326 g/mol. The zero-order valence-electron chi connectivity index (χ0n) is 14.1. The fourth-order valence-corrected chi connectivity index (χ4v) is 2.84. The third kappa shape index (κ3) is 3.64. The Kier molecular flexibility index (Phi) is 4.93. The first kappa shape index (κ1) is 16.2. The van der Waals surface area contributed by atoms with Crippen molar-refractivity contribution in [3.05, 3.63) is 48.0 Å². The number of benzene rings is 1. The highest BCUT2D eigenvalue weighted by atomic mass is 16.5. The van der Waals surface area contributed by atoms with Gasteiger partial charge in [0.05, 0.1) is 19.0 Å². The Morgan fingerprint density at radius 3 is 2.50 bits per heavy atom. The molecule has 1 aliphatic heterocycles. The lowest BCUT2D eigenvalue weighted by molar-refractivity contribution is 0.0760. The second-order valence-electron chi connectivity index (χ2n) is 5.87. The van der Waals surface area contributed by atoms with Crippen LogP contribution in [0.1, 0.15) is 22.6 Å². The maximum Gasteiger partial charge on any atom is 0.274 e. The van der Waals surface area contributed by atoms with Crippen molar-refractivity contribution in [1.82, 2.24) is 14.9 Å². The summed E-state index contributed by atoms with van der Waals surface area (Å²) in [5.74, 6) is 0.808. The van der Waals surface area contributed by atoms with Crippen LogP contribution in [0, 0.1) is 6.92 Å². The van der Waals surface area contributed by atoms with E-state index in [-0.39, 0.29) is 5.91 Å². The molecule has 6 nitrogen and oxygen atoms in total. The minimum absolute atomic E-state index is 0.0425. The molecule has 6 heteroatoms. The highest BCUT2D eigenvalue weighted by molar-refractivity contribution is 5.92. The van der Waals surface area contributed by atoms with Crippen LogP contribution in [0.15, 0.2) is 36.7 Å². The summed E-state index contributed by atoms with van der Waals surface area (Å²) < 4.78 is 5.20. The van der Waals surface area contributed by atoms with E-state index in [1.54, 1.807) is 19.5 Å². The van der Waals surface area contributed by atoms with Crippen molar-refractivity contribution < 1.29 is 9.53 Å². The Labute approximate surface area is 142 Å². The first-order valence-corrected chi connectivity index (χ1v) is 8.14. The Bertz CT molecular complexity index is 685. The van der Waals surface area contributed by atoms with Gasteiger partial charge < -0.3 is 14.5 Å². The second kappa shape index (κ2) is 7.29. The molecule has 3 rings (SSSR count). The normalized spacial score (nSPS) is 15.1. The topological polar surface area (TPSA) is 58.6 Å². The molecular formula is C18H22N4O2. The lowest BCUT2D eigenvalue weighted by Gasteiger charge is -2.23. The molecular weight excluding hydrogens is 304 g/mol. The van der Waals surface area contributed by atoms with Gasteiger partial charge >= 0.3 is 0 Å². The van der Waals surface area contributed by atoms with E-state index >= 15 is 0 Å². The molecule has 0 radical (unpaired) electrons. The smallest absolute Gasteiger partial charge is 0.274 e. The van der Waals surface area contributed by atoms with Gasteiger partial charge in [-0.05, 0) is 37.6 Å². The molecule has 1 aliphatic rings. The number of carbonyl (C=O) groups is 1. The highest BCUT2D eigenvalue weighted by Crippen LogP contribution is 2.20. The SMILES string of the molecule is COc1ccc(N2CCCN(C(=O)c3cnc(C)cn3)CC2)cc1. The van der Waals surface area contributed by atoms with Gasteiger partial charge in [-0.15, -0.1) is 0 Å². The van der Waals surface area contributed by atoms with Crippen molar-refractivity contribution in [3.63, 3.8) is 0 Å². The van der Waals surface area contributed by atoms with Gasteiger partial charge in [0.15, 0.2) is 0 Å². The average molecular weight is 326 g/mol. The number of carbonyl (C=O) groups excluding carboxylic acids is 1. The number of hydrogen-bond acceptors (Lipinski definition) is 5. The van der Waals surface area contributed by atoms with E-state index in [9.17, 15) is 4.79 Å². The Morgan fingerprint density at radius 1 is 1.04 bits per heavy atom. The van der Waals surface area contributed by atoms with Gasteiger partial charge in [-0.2, -0.15) is 0 Å². The number of hydrogen-bond donors (Lipinski definition) is 0. The zero-order valence-corrected chi connectivity index (χ0v) is 14.1. The van der Waals surface area contributed by atoms with Crippen molar-refractivity contribution >= 4 is 11.6 Å². The quantitative estimate of drug-likeness (QED) is 0.865. The van der Waals surface area contributed by atoms with Crippen LogP contribution in [0.25, 0.3) is 0 Å². The van der Waals surface area contributed by atoms with Crippen molar-refractivity contribution in [1.29, 1.82) is 0 Å². The predicted octanol–water partition coefficient (Wildman–Crippen LogP) is 2.15. The van der Waals surface area contributed by atoms with Gasteiger partial charge in [-0.3, -0.25) is 9.78 Å². The molecule has 0 spiro atoms. The summed E-state index contributed by atoms with van der Waals surface area (Å²) >= 11 is 0. The number of amides is 1. The lowest BCUT2D eigenvalue weighted by atomic mass is 10.2. The Morgan fingerprint density at radius 2 is 1.83 bits per heavy atom. The summed E-state index contributed by atoms with van der Waals surface area (Å²) in [7, 11) is 1.67. The number of rotatable bonds is 3. The summed E-state index contributed by atoms with van der Waals surface area (Å²) in [6.07, 6.45) is 4.12. The number of nitrogens with zero attached hydrogens (tertiary/aromatic N) is 4. The van der Waals surface area contributed by atoms with E-state index < -0.39 is 0 Å². The molecule has 1 amide bonds. The first-order valence-electron chi connectivity index (χ1n) is 8.14. The van der Waals surface area contributed by atoms with Crippen LogP contribution in [0.4, 0.5) is 5.69 Å². The van der Waals surface area contributed by atoms with Gasteiger partial charge in [0.1, 0.15) is 11.4 Å². The molecule has 126 valence electrons. The molecule has 24 heavy (non-hydrogen) atoms. The van der Waals surface area contributed by atoms with Crippen molar-refractivity contribution in [2.75, 3.05) is 38.2 Å². The van der Waals surface area contributed by atoms with Crippen molar-refractivity contribution in [2.24, 2.45) is 0 Å². The van der Waals surface area contributed by atoms with Crippen LogP contribution < -0.4 is 9.64 Å². The molecule has 0 saturated carbocycles. The van der Waals surface area contributed by atoms with Gasteiger partial charge in [-0.25, -0.2) is 4.98 Å². The fraction of sp³-hybridized carbons (Fsp3) is 0.389. The third-order valence-electron chi connectivity index (χ3n) is 4.22. The van der Waals surface area contributed by atoms with E-state index in [1.165, 1.54) is 0 Å². The van der Waals surface area contributed by atoms with Crippen LogP contribution >= 0.6 is 0 Å². The third-order valence-corrected chi connectivity index (χ3v) is 4.22. The lowest BCUT2D eigenvalue weighted by Crippen LogP contribution is -2.35. The maximum atomic E-state index is 12.6. The molecule has 0 atom stereocenters. The minimum Gasteiger partial charge on any atom is -0.497 e. The summed E-state index contributed by atoms with van der Waals surface area (Å²) in [6.45, 7) is 5.01. The largest absolute Gasteiger partial charge is 0.497 e. The van der Waals surface area contributed by atoms with Crippen LogP contribution in [0.5, 0.6) is 5.75 Å². The van der Waals surface area contributed by atoms with E-state index in [4.69, 9.17) is 4.74 Å². The molecule has 0 bridgehead atoms.